The summed E-state index contributed by atoms with van der Waals surface area (Å²) in [5, 5.41) is 2.91. The molecule has 5 heteroatoms. The number of pyridine rings is 1. The molecule has 0 radical (unpaired) electrons. The van der Waals surface area contributed by atoms with Gasteiger partial charge in [-0.25, -0.2) is 4.98 Å². The number of amides is 1. The third-order valence-electron chi connectivity index (χ3n) is 3.54. The molecule has 0 aromatic carbocycles. The van der Waals surface area contributed by atoms with Crippen molar-refractivity contribution in [2.75, 3.05) is 13.7 Å². The molecule has 2 heterocycles. The Morgan fingerprint density at radius 1 is 1.43 bits per heavy atom. The molecule has 1 N–H and O–H groups in total. The molecule has 0 saturated heterocycles. The van der Waals surface area contributed by atoms with Crippen LogP contribution in [-0.2, 0) is 6.42 Å². The summed E-state index contributed by atoms with van der Waals surface area (Å²) in [6.45, 7) is 0.536. The number of rotatable bonds is 6. The summed E-state index contributed by atoms with van der Waals surface area (Å²) in [7, 11) is 1.59. The van der Waals surface area contributed by atoms with Crippen LogP contribution in [0.15, 0.2) is 34.9 Å². The molecule has 1 amide bonds. The number of aromatic nitrogens is 1. The molecule has 0 unspecified atom stereocenters. The minimum absolute atomic E-state index is 0.0754. The van der Waals surface area contributed by atoms with Crippen LogP contribution in [-0.4, -0.2) is 24.5 Å². The highest BCUT2D eigenvalue weighted by molar-refractivity contribution is 5.95. The van der Waals surface area contributed by atoms with Gasteiger partial charge in [-0.05, 0) is 25.0 Å². The Morgan fingerprint density at radius 3 is 3.05 bits per heavy atom. The molecular formula is C16H18N2O3. The molecule has 0 spiro atoms. The maximum absolute atomic E-state index is 12.2. The monoisotopic (exact) mass is 286 g/mol. The van der Waals surface area contributed by atoms with E-state index < -0.39 is 0 Å². The summed E-state index contributed by atoms with van der Waals surface area (Å²) in [5.41, 5.74) is 1.56. The molecule has 0 bridgehead atoms. The van der Waals surface area contributed by atoms with E-state index in [0.29, 0.717) is 30.3 Å². The number of nitrogens with zero attached hydrogens (tertiary/aromatic N) is 1. The number of nitrogens with one attached hydrogen (secondary N) is 1. The van der Waals surface area contributed by atoms with Crippen LogP contribution in [0.25, 0.3) is 0 Å². The highest BCUT2D eigenvalue weighted by Gasteiger charge is 2.31. The fourth-order valence-corrected chi connectivity index (χ4v) is 2.28. The average molecular weight is 286 g/mol. The van der Waals surface area contributed by atoms with E-state index in [9.17, 15) is 4.79 Å². The van der Waals surface area contributed by atoms with Crippen molar-refractivity contribution >= 4 is 5.91 Å². The van der Waals surface area contributed by atoms with Gasteiger partial charge < -0.3 is 14.5 Å². The van der Waals surface area contributed by atoms with Crippen LogP contribution in [0, 0.1) is 0 Å². The summed E-state index contributed by atoms with van der Waals surface area (Å²) < 4.78 is 10.5. The quantitative estimate of drug-likeness (QED) is 0.886. The smallest absolute Gasteiger partial charge is 0.254 e. The number of methoxy groups -OCH3 is 1. The Bertz CT molecular complexity index is 632. The molecule has 2 aromatic rings. The molecular weight excluding hydrogens is 268 g/mol. The van der Waals surface area contributed by atoms with Gasteiger partial charge in [0.2, 0.25) is 5.88 Å². The van der Waals surface area contributed by atoms with Crippen molar-refractivity contribution in [1.29, 1.82) is 0 Å². The predicted octanol–water partition coefficient (Wildman–Crippen LogP) is 2.53. The molecule has 21 heavy (non-hydrogen) atoms. The zero-order valence-corrected chi connectivity index (χ0v) is 12.0. The van der Waals surface area contributed by atoms with Gasteiger partial charge in [0.05, 0.1) is 18.9 Å². The van der Waals surface area contributed by atoms with E-state index in [4.69, 9.17) is 9.15 Å². The fraction of sp³-hybridized carbons (Fsp3) is 0.375. The van der Waals surface area contributed by atoms with Gasteiger partial charge in [-0.3, -0.25) is 4.79 Å². The molecule has 1 aliphatic rings. The molecule has 3 rings (SSSR count). The summed E-state index contributed by atoms with van der Waals surface area (Å²) in [6.07, 6.45) is 4.48. The predicted molar refractivity (Wildman–Crippen MR) is 77.5 cm³/mol. The SMILES string of the molecule is COc1cccc(CCNC(=O)c2ccoc2C2CC2)n1. The third-order valence-corrected chi connectivity index (χ3v) is 3.54. The van der Waals surface area contributed by atoms with Crippen LogP contribution in [0.5, 0.6) is 5.88 Å². The average Bonchev–Trinajstić information content (AvgIpc) is 3.24. The summed E-state index contributed by atoms with van der Waals surface area (Å²) in [5.74, 6) is 1.77. The highest BCUT2D eigenvalue weighted by atomic mass is 16.5. The van der Waals surface area contributed by atoms with Gasteiger partial charge in [-0.15, -0.1) is 0 Å². The van der Waals surface area contributed by atoms with E-state index in [-0.39, 0.29) is 5.91 Å². The number of hydrogen-bond donors (Lipinski definition) is 1. The number of carbonyl (C=O) groups is 1. The van der Waals surface area contributed by atoms with Gasteiger partial charge in [0.1, 0.15) is 5.76 Å². The maximum Gasteiger partial charge on any atom is 0.254 e. The van der Waals surface area contributed by atoms with E-state index >= 15 is 0 Å². The standard InChI is InChI=1S/C16H18N2O3/c1-20-14-4-2-3-12(18-14)7-9-17-16(19)13-8-10-21-15(13)11-5-6-11/h2-4,8,10-11H,5-7,9H2,1H3,(H,17,19). The highest BCUT2D eigenvalue weighted by Crippen LogP contribution is 2.41. The number of furan rings is 1. The fourth-order valence-electron chi connectivity index (χ4n) is 2.28. The van der Waals surface area contributed by atoms with Crippen molar-refractivity contribution in [2.24, 2.45) is 0 Å². The zero-order chi connectivity index (χ0) is 14.7. The lowest BCUT2D eigenvalue weighted by atomic mass is 10.1. The Kier molecular flexibility index (Phi) is 3.90. The molecule has 2 aromatic heterocycles. The van der Waals surface area contributed by atoms with Gasteiger partial charge in [0, 0.05) is 30.6 Å². The zero-order valence-electron chi connectivity index (χ0n) is 12.0. The van der Waals surface area contributed by atoms with Gasteiger partial charge in [0.25, 0.3) is 5.91 Å². The summed E-state index contributed by atoms with van der Waals surface area (Å²) in [4.78, 5) is 16.5. The lowest BCUT2D eigenvalue weighted by Crippen LogP contribution is -2.26. The molecule has 1 fully saturated rings. The van der Waals surface area contributed by atoms with Crippen molar-refractivity contribution in [2.45, 2.75) is 25.2 Å². The molecule has 0 atom stereocenters. The first kappa shape index (κ1) is 13.7. The van der Waals surface area contributed by atoms with E-state index in [1.165, 1.54) is 0 Å². The van der Waals surface area contributed by atoms with Crippen LogP contribution in [0.2, 0.25) is 0 Å². The molecule has 5 nitrogen and oxygen atoms in total. The first-order chi connectivity index (χ1) is 10.3. The molecule has 110 valence electrons. The van der Waals surface area contributed by atoms with Gasteiger partial charge in [0.15, 0.2) is 0 Å². The largest absolute Gasteiger partial charge is 0.481 e. The minimum Gasteiger partial charge on any atom is -0.481 e. The Hall–Kier alpha value is -2.30. The topological polar surface area (TPSA) is 64.4 Å². The Balaban J connectivity index is 1.54. The molecule has 1 saturated carbocycles. The maximum atomic E-state index is 12.2. The van der Waals surface area contributed by atoms with Crippen LogP contribution in [0.1, 0.15) is 40.6 Å². The van der Waals surface area contributed by atoms with Crippen molar-refractivity contribution in [3.63, 3.8) is 0 Å². The van der Waals surface area contributed by atoms with Gasteiger partial charge in [-0.1, -0.05) is 6.07 Å². The minimum atomic E-state index is -0.0754. The lowest BCUT2D eigenvalue weighted by molar-refractivity contribution is 0.0952. The van der Waals surface area contributed by atoms with E-state index in [1.807, 2.05) is 12.1 Å². The third kappa shape index (κ3) is 3.24. The summed E-state index contributed by atoms with van der Waals surface area (Å²) >= 11 is 0. The second kappa shape index (κ2) is 5.99. The summed E-state index contributed by atoms with van der Waals surface area (Å²) in [6, 6.07) is 7.36. The van der Waals surface area contributed by atoms with Crippen LogP contribution in [0.4, 0.5) is 0 Å². The van der Waals surface area contributed by atoms with Crippen LogP contribution >= 0.6 is 0 Å². The number of ether oxygens (including phenoxy) is 1. The van der Waals surface area contributed by atoms with Crippen molar-refractivity contribution in [3.05, 3.63) is 47.5 Å². The van der Waals surface area contributed by atoms with Gasteiger partial charge in [-0.2, -0.15) is 0 Å². The van der Waals surface area contributed by atoms with Gasteiger partial charge >= 0.3 is 0 Å². The second-order valence-corrected chi connectivity index (χ2v) is 5.15. The van der Waals surface area contributed by atoms with Crippen LogP contribution < -0.4 is 10.1 Å². The first-order valence-electron chi connectivity index (χ1n) is 7.13. The lowest BCUT2D eigenvalue weighted by Gasteiger charge is -2.06. The molecule has 1 aliphatic carbocycles. The van der Waals surface area contributed by atoms with E-state index in [0.717, 1.165) is 24.3 Å². The Labute approximate surface area is 123 Å². The normalized spacial score (nSPS) is 14.0. The van der Waals surface area contributed by atoms with Crippen molar-refractivity contribution < 1.29 is 13.9 Å². The van der Waals surface area contributed by atoms with E-state index in [2.05, 4.69) is 10.3 Å². The second-order valence-electron chi connectivity index (χ2n) is 5.15. The number of hydrogen-bond acceptors (Lipinski definition) is 4. The van der Waals surface area contributed by atoms with Crippen molar-refractivity contribution in [1.82, 2.24) is 10.3 Å². The number of carbonyl (C=O) groups excluding carboxylic acids is 1. The van der Waals surface area contributed by atoms with E-state index in [1.54, 1.807) is 25.5 Å². The van der Waals surface area contributed by atoms with Crippen LogP contribution in [0.3, 0.4) is 0 Å². The molecule has 0 aliphatic heterocycles. The Morgan fingerprint density at radius 2 is 2.29 bits per heavy atom. The first-order valence-corrected chi connectivity index (χ1v) is 7.13. The van der Waals surface area contributed by atoms with Crippen molar-refractivity contribution in [3.8, 4) is 5.88 Å².